The molecule has 0 aliphatic rings. The lowest BCUT2D eigenvalue weighted by Crippen LogP contribution is -2.18. The highest BCUT2D eigenvalue weighted by Crippen LogP contribution is 2.14. The van der Waals surface area contributed by atoms with Crippen molar-refractivity contribution < 1.29 is 17.9 Å². The molecule has 4 nitrogen and oxygen atoms in total. The van der Waals surface area contributed by atoms with Crippen LogP contribution in [-0.2, 0) is 10.0 Å². The summed E-state index contributed by atoms with van der Waals surface area (Å²) in [6.07, 6.45) is 0.129. The summed E-state index contributed by atoms with van der Waals surface area (Å²) in [5, 5.41) is 8.48. The molecule has 0 fully saturated rings. The molecule has 0 aliphatic heterocycles. The highest BCUT2D eigenvalue weighted by Gasteiger charge is 2.11. The molecule has 0 aliphatic carbocycles. The van der Waals surface area contributed by atoms with Gasteiger partial charge in [-0.05, 0) is 18.6 Å². The molecule has 0 aromatic heterocycles. The van der Waals surface area contributed by atoms with Gasteiger partial charge in [0.15, 0.2) is 0 Å². The van der Waals surface area contributed by atoms with E-state index >= 15 is 0 Å². The van der Waals surface area contributed by atoms with Crippen LogP contribution >= 0.6 is 0 Å². The molecule has 0 atom stereocenters. The number of halogens is 1. The maximum Gasteiger partial charge on any atom is 0.232 e. The summed E-state index contributed by atoms with van der Waals surface area (Å²) in [5.41, 5.74) is -0.0737. The van der Waals surface area contributed by atoms with Crippen molar-refractivity contribution in [3.05, 3.63) is 30.1 Å². The fourth-order valence-electron chi connectivity index (χ4n) is 1.02. The molecule has 1 rings (SSSR count). The Labute approximate surface area is 87.8 Å². The molecule has 15 heavy (non-hydrogen) atoms. The van der Waals surface area contributed by atoms with Crippen LogP contribution in [0.4, 0.5) is 10.1 Å². The van der Waals surface area contributed by atoms with Crippen LogP contribution in [0.15, 0.2) is 24.3 Å². The largest absolute Gasteiger partial charge is 0.396 e. The maximum absolute atomic E-state index is 13.1. The van der Waals surface area contributed by atoms with Crippen LogP contribution in [0.2, 0.25) is 0 Å². The third-order valence-electron chi connectivity index (χ3n) is 1.71. The molecule has 2 N–H and O–H groups in total. The number of sulfonamides is 1. The van der Waals surface area contributed by atoms with E-state index in [9.17, 15) is 12.8 Å². The van der Waals surface area contributed by atoms with E-state index < -0.39 is 15.8 Å². The Morgan fingerprint density at radius 3 is 2.60 bits per heavy atom. The van der Waals surface area contributed by atoms with Crippen LogP contribution in [-0.4, -0.2) is 25.9 Å². The number of aliphatic hydroxyl groups is 1. The zero-order chi connectivity index (χ0) is 11.3. The standard InChI is InChI=1S/C9H12FNO3S/c10-8-4-1-2-5-9(8)11-15(13,14)7-3-6-12/h1-2,4-5,11-12H,3,6-7H2. The van der Waals surface area contributed by atoms with Crippen molar-refractivity contribution in [2.75, 3.05) is 17.1 Å². The number of nitrogens with one attached hydrogen (secondary N) is 1. The number of hydrogen-bond acceptors (Lipinski definition) is 3. The van der Waals surface area contributed by atoms with Crippen molar-refractivity contribution in [2.45, 2.75) is 6.42 Å². The summed E-state index contributed by atoms with van der Waals surface area (Å²) in [5.74, 6) is -0.845. The van der Waals surface area contributed by atoms with Crippen LogP contribution < -0.4 is 4.72 Å². The number of benzene rings is 1. The molecule has 84 valence electrons. The Morgan fingerprint density at radius 1 is 1.33 bits per heavy atom. The molecule has 1 aromatic rings. The van der Waals surface area contributed by atoms with Gasteiger partial charge >= 0.3 is 0 Å². The van der Waals surface area contributed by atoms with E-state index in [2.05, 4.69) is 4.72 Å². The zero-order valence-corrected chi connectivity index (χ0v) is 8.80. The number of anilines is 1. The number of rotatable bonds is 5. The lowest BCUT2D eigenvalue weighted by atomic mass is 10.3. The first-order valence-corrected chi connectivity index (χ1v) is 6.06. The molecule has 0 bridgehead atoms. The molecule has 0 unspecified atom stereocenters. The molecule has 1 aromatic carbocycles. The normalized spacial score (nSPS) is 11.3. The molecule has 0 saturated heterocycles. The van der Waals surface area contributed by atoms with Gasteiger partial charge in [0.2, 0.25) is 10.0 Å². The minimum Gasteiger partial charge on any atom is -0.396 e. The smallest absolute Gasteiger partial charge is 0.232 e. The van der Waals surface area contributed by atoms with E-state index in [0.29, 0.717) is 0 Å². The molecule has 0 amide bonds. The Balaban J connectivity index is 2.74. The van der Waals surface area contributed by atoms with Gasteiger partial charge in [-0.3, -0.25) is 4.72 Å². The first-order chi connectivity index (χ1) is 7.05. The summed E-state index contributed by atoms with van der Waals surface area (Å²) in [6, 6.07) is 5.52. The van der Waals surface area contributed by atoms with Gasteiger partial charge in [-0.25, -0.2) is 12.8 Å². The first kappa shape index (κ1) is 11.9. The van der Waals surface area contributed by atoms with Crippen molar-refractivity contribution >= 4 is 15.7 Å². The highest BCUT2D eigenvalue weighted by molar-refractivity contribution is 7.92. The summed E-state index contributed by atoms with van der Waals surface area (Å²) < 4.78 is 37.8. The minimum absolute atomic E-state index is 0.0737. The summed E-state index contributed by atoms with van der Waals surface area (Å²) in [7, 11) is -3.57. The fraction of sp³-hybridized carbons (Fsp3) is 0.333. The van der Waals surface area contributed by atoms with Crippen molar-refractivity contribution in [2.24, 2.45) is 0 Å². The van der Waals surface area contributed by atoms with Crippen LogP contribution in [0.25, 0.3) is 0 Å². The van der Waals surface area contributed by atoms with Gasteiger partial charge in [-0.15, -0.1) is 0 Å². The molecule has 6 heteroatoms. The lowest BCUT2D eigenvalue weighted by Gasteiger charge is -2.07. The third-order valence-corrected chi connectivity index (χ3v) is 3.07. The zero-order valence-electron chi connectivity index (χ0n) is 7.98. The second-order valence-electron chi connectivity index (χ2n) is 2.98. The van der Waals surface area contributed by atoms with E-state index in [0.717, 1.165) is 0 Å². The Bertz CT molecular complexity index is 419. The Kier molecular flexibility index (Phi) is 4.05. The van der Waals surface area contributed by atoms with E-state index in [4.69, 9.17) is 5.11 Å². The SMILES string of the molecule is O=S(=O)(CCCO)Nc1ccccc1F. The van der Waals surface area contributed by atoms with Gasteiger partial charge in [0.25, 0.3) is 0 Å². The molecule has 0 spiro atoms. The van der Waals surface area contributed by atoms with Crippen molar-refractivity contribution in [3.63, 3.8) is 0 Å². The number of aliphatic hydroxyl groups excluding tert-OH is 1. The molecule has 0 saturated carbocycles. The van der Waals surface area contributed by atoms with Gasteiger partial charge in [-0.2, -0.15) is 0 Å². The van der Waals surface area contributed by atoms with Gasteiger partial charge in [-0.1, -0.05) is 12.1 Å². The van der Waals surface area contributed by atoms with Crippen LogP contribution in [0.5, 0.6) is 0 Å². The topological polar surface area (TPSA) is 66.4 Å². The average molecular weight is 233 g/mol. The predicted molar refractivity (Wildman–Crippen MR) is 55.5 cm³/mol. The maximum atomic E-state index is 13.1. The first-order valence-electron chi connectivity index (χ1n) is 4.41. The molecule has 0 radical (unpaired) electrons. The molecular weight excluding hydrogens is 221 g/mol. The van der Waals surface area contributed by atoms with Crippen molar-refractivity contribution in [1.82, 2.24) is 0 Å². The van der Waals surface area contributed by atoms with Crippen LogP contribution in [0.1, 0.15) is 6.42 Å². The van der Waals surface area contributed by atoms with E-state index in [1.165, 1.54) is 24.3 Å². The molecule has 0 heterocycles. The van der Waals surface area contributed by atoms with E-state index in [1.807, 2.05) is 0 Å². The van der Waals surface area contributed by atoms with Crippen molar-refractivity contribution in [3.8, 4) is 0 Å². The lowest BCUT2D eigenvalue weighted by molar-refractivity contribution is 0.295. The Morgan fingerprint density at radius 2 is 2.00 bits per heavy atom. The number of para-hydroxylation sites is 1. The quantitative estimate of drug-likeness (QED) is 0.795. The second-order valence-corrected chi connectivity index (χ2v) is 4.82. The average Bonchev–Trinajstić information content (AvgIpc) is 2.18. The summed E-state index contributed by atoms with van der Waals surface area (Å²) in [6.45, 7) is -0.210. The van der Waals surface area contributed by atoms with Gasteiger partial charge in [0.05, 0.1) is 11.4 Å². The van der Waals surface area contributed by atoms with Crippen molar-refractivity contribution in [1.29, 1.82) is 0 Å². The van der Waals surface area contributed by atoms with Crippen LogP contribution in [0, 0.1) is 5.82 Å². The third kappa shape index (κ3) is 3.85. The minimum atomic E-state index is -3.57. The Hall–Kier alpha value is -1.14. The van der Waals surface area contributed by atoms with Gasteiger partial charge in [0, 0.05) is 6.61 Å². The second kappa shape index (κ2) is 5.09. The predicted octanol–water partition coefficient (Wildman–Crippen LogP) is 0.950. The fourth-order valence-corrected chi connectivity index (χ4v) is 2.13. The highest BCUT2D eigenvalue weighted by atomic mass is 32.2. The van der Waals surface area contributed by atoms with Gasteiger partial charge in [0.1, 0.15) is 5.82 Å². The number of hydrogen-bond donors (Lipinski definition) is 2. The molecular formula is C9H12FNO3S. The van der Waals surface area contributed by atoms with Gasteiger partial charge < -0.3 is 5.11 Å². The monoisotopic (exact) mass is 233 g/mol. The van der Waals surface area contributed by atoms with E-state index in [-0.39, 0.29) is 24.5 Å². The summed E-state index contributed by atoms with van der Waals surface area (Å²) >= 11 is 0. The van der Waals surface area contributed by atoms with Crippen LogP contribution in [0.3, 0.4) is 0 Å². The van der Waals surface area contributed by atoms with E-state index in [1.54, 1.807) is 0 Å². The summed E-state index contributed by atoms with van der Waals surface area (Å²) in [4.78, 5) is 0.